The third-order valence-electron chi connectivity index (χ3n) is 3.92. The van der Waals surface area contributed by atoms with Crippen LogP contribution in [0.3, 0.4) is 0 Å². The van der Waals surface area contributed by atoms with Gasteiger partial charge in [0, 0.05) is 31.4 Å². The maximum absolute atomic E-state index is 12.3. The number of carbonyl (C=O) groups excluding carboxylic acids is 1. The number of aliphatic hydroxyl groups is 1. The Morgan fingerprint density at radius 1 is 1.43 bits per heavy atom. The van der Waals surface area contributed by atoms with Crippen LogP contribution in [0.5, 0.6) is 0 Å². The molecule has 1 N–H and O–H groups in total. The lowest BCUT2D eigenvalue weighted by atomic mass is 9.92. The molecule has 0 unspecified atom stereocenters. The number of anilines is 1. The Bertz CT molecular complexity index is 651. The summed E-state index contributed by atoms with van der Waals surface area (Å²) in [5, 5.41) is 12.6. The normalized spacial score (nSPS) is 21.2. The highest BCUT2D eigenvalue weighted by Crippen LogP contribution is 2.25. The van der Waals surface area contributed by atoms with Gasteiger partial charge >= 0.3 is 0 Å². The van der Waals surface area contributed by atoms with Gasteiger partial charge < -0.3 is 14.9 Å². The van der Waals surface area contributed by atoms with E-state index >= 15 is 0 Å². The van der Waals surface area contributed by atoms with Crippen molar-refractivity contribution in [3.05, 3.63) is 35.0 Å². The summed E-state index contributed by atoms with van der Waals surface area (Å²) < 4.78 is 0. The minimum Gasteiger partial charge on any atom is -0.386 e. The van der Waals surface area contributed by atoms with Gasteiger partial charge in [0.25, 0.3) is 5.91 Å². The molecule has 7 nitrogen and oxygen atoms in total. The fourth-order valence-corrected chi connectivity index (χ4v) is 3.42. The van der Waals surface area contributed by atoms with Gasteiger partial charge in [-0.1, -0.05) is 0 Å². The number of piperidine rings is 1. The second kappa shape index (κ2) is 6.59. The minimum atomic E-state index is -0.974. The molecule has 1 aliphatic heterocycles. The SMILES string of the molecule is CN(C[C@]1(O)CCCN(c2ncccn2)C1)C(=O)c1cscn1. The van der Waals surface area contributed by atoms with E-state index < -0.39 is 5.60 Å². The summed E-state index contributed by atoms with van der Waals surface area (Å²) in [4.78, 5) is 28.3. The standard InChI is InChI=1S/C15H19N5O2S/c1-19(13(21)12-8-23-11-18-12)9-15(22)4-2-7-20(10-15)14-16-5-3-6-17-14/h3,5-6,8,11,22H,2,4,7,9-10H2,1H3/t15-/m1/s1. The molecule has 0 saturated carbocycles. The molecule has 122 valence electrons. The van der Waals surface area contributed by atoms with E-state index in [0.717, 1.165) is 13.0 Å². The van der Waals surface area contributed by atoms with Crippen molar-refractivity contribution in [1.29, 1.82) is 0 Å². The monoisotopic (exact) mass is 333 g/mol. The molecular weight excluding hydrogens is 314 g/mol. The number of aromatic nitrogens is 3. The molecule has 3 rings (SSSR count). The summed E-state index contributed by atoms with van der Waals surface area (Å²) in [5.74, 6) is 0.437. The van der Waals surface area contributed by atoms with Crippen LogP contribution in [0, 0.1) is 0 Å². The van der Waals surface area contributed by atoms with E-state index in [-0.39, 0.29) is 12.5 Å². The van der Waals surface area contributed by atoms with E-state index in [1.165, 1.54) is 16.2 Å². The van der Waals surface area contributed by atoms with E-state index in [9.17, 15) is 9.90 Å². The minimum absolute atomic E-state index is 0.173. The Hall–Kier alpha value is -2.06. The van der Waals surface area contributed by atoms with E-state index in [0.29, 0.717) is 24.6 Å². The highest BCUT2D eigenvalue weighted by atomic mass is 32.1. The summed E-state index contributed by atoms with van der Waals surface area (Å²) in [5.41, 5.74) is 1.07. The Morgan fingerprint density at radius 3 is 2.91 bits per heavy atom. The highest BCUT2D eigenvalue weighted by molar-refractivity contribution is 7.07. The average molecular weight is 333 g/mol. The molecular formula is C15H19N5O2S. The van der Waals surface area contributed by atoms with E-state index in [1.807, 2.05) is 4.90 Å². The van der Waals surface area contributed by atoms with Crippen LogP contribution >= 0.6 is 11.3 Å². The number of β-amino-alcohol motifs (C(OH)–C–C–N with tert-alkyl or cyclic N) is 1. The van der Waals surface area contributed by atoms with Crippen LogP contribution in [0.15, 0.2) is 29.4 Å². The van der Waals surface area contributed by atoms with Crippen molar-refractivity contribution in [3.8, 4) is 0 Å². The Morgan fingerprint density at radius 2 is 2.22 bits per heavy atom. The zero-order valence-corrected chi connectivity index (χ0v) is 13.7. The van der Waals surface area contributed by atoms with Crippen molar-refractivity contribution in [3.63, 3.8) is 0 Å². The number of likely N-dealkylation sites (N-methyl/N-ethyl adjacent to an activating group) is 1. The lowest BCUT2D eigenvalue weighted by Gasteiger charge is -2.41. The van der Waals surface area contributed by atoms with Gasteiger partial charge in [0.1, 0.15) is 5.69 Å². The number of thiazole rings is 1. The molecule has 0 bridgehead atoms. The number of hydrogen-bond donors (Lipinski definition) is 1. The zero-order chi connectivity index (χ0) is 16.3. The lowest BCUT2D eigenvalue weighted by molar-refractivity contribution is -0.000419. The molecule has 1 fully saturated rings. The zero-order valence-electron chi connectivity index (χ0n) is 12.9. The molecule has 1 atom stereocenters. The molecule has 0 aromatic carbocycles. The maximum atomic E-state index is 12.3. The molecule has 1 amide bonds. The third kappa shape index (κ3) is 3.65. The summed E-state index contributed by atoms with van der Waals surface area (Å²) >= 11 is 1.38. The first-order valence-corrected chi connectivity index (χ1v) is 8.40. The van der Waals surface area contributed by atoms with Gasteiger partial charge in [-0.2, -0.15) is 0 Å². The Kier molecular flexibility index (Phi) is 4.53. The number of hydrogen-bond acceptors (Lipinski definition) is 7. The van der Waals surface area contributed by atoms with Crippen molar-refractivity contribution in [1.82, 2.24) is 19.9 Å². The number of carbonyl (C=O) groups is 1. The molecule has 0 aliphatic carbocycles. The number of amides is 1. The molecule has 2 aromatic rings. The van der Waals surface area contributed by atoms with Crippen LogP contribution in [0.4, 0.5) is 5.95 Å². The first kappa shape index (κ1) is 15.8. The summed E-state index contributed by atoms with van der Waals surface area (Å²) in [6.45, 7) is 1.47. The van der Waals surface area contributed by atoms with E-state index in [4.69, 9.17) is 0 Å². The van der Waals surface area contributed by atoms with Crippen molar-refractivity contribution < 1.29 is 9.90 Å². The quantitative estimate of drug-likeness (QED) is 0.900. The maximum Gasteiger partial charge on any atom is 0.273 e. The predicted molar refractivity (Wildman–Crippen MR) is 87.5 cm³/mol. The van der Waals surface area contributed by atoms with Crippen molar-refractivity contribution >= 4 is 23.2 Å². The lowest BCUT2D eigenvalue weighted by Crippen LogP contribution is -2.55. The fraction of sp³-hybridized carbons (Fsp3) is 0.467. The van der Waals surface area contributed by atoms with Crippen LogP contribution in [0.2, 0.25) is 0 Å². The molecule has 23 heavy (non-hydrogen) atoms. The van der Waals surface area contributed by atoms with Crippen molar-refractivity contribution in [2.45, 2.75) is 18.4 Å². The molecule has 8 heteroatoms. The topological polar surface area (TPSA) is 82.5 Å². The van der Waals surface area contributed by atoms with Gasteiger partial charge in [-0.25, -0.2) is 15.0 Å². The Labute approximate surface area is 138 Å². The third-order valence-corrected chi connectivity index (χ3v) is 4.51. The second-order valence-corrected chi connectivity index (χ2v) is 6.55. The molecule has 0 radical (unpaired) electrons. The van der Waals surface area contributed by atoms with Crippen molar-refractivity contribution in [2.24, 2.45) is 0 Å². The van der Waals surface area contributed by atoms with Crippen LogP contribution < -0.4 is 4.90 Å². The molecule has 2 aromatic heterocycles. The number of nitrogens with zero attached hydrogens (tertiary/aromatic N) is 5. The van der Waals surface area contributed by atoms with Crippen LogP contribution in [0.25, 0.3) is 0 Å². The summed E-state index contributed by atoms with van der Waals surface area (Å²) in [6.07, 6.45) is 4.85. The highest BCUT2D eigenvalue weighted by Gasteiger charge is 2.36. The second-order valence-electron chi connectivity index (χ2n) is 5.83. The van der Waals surface area contributed by atoms with Crippen molar-refractivity contribution in [2.75, 3.05) is 31.6 Å². The molecule has 0 spiro atoms. The van der Waals surface area contributed by atoms with Gasteiger partial charge in [-0.15, -0.1) is 11.3 Å². The first-order valence-electron chi connectivity index (χ1n) is 7.45. The molecule has 1 saturated heterocycles. The fourth-order valence-electron chi connectivity index (χ4n) is 2.89. The van der Waals surface area contributed by atoms with E-state index in [1.54, 1.807) is 36.4 Å². The average Bonchev–Trinajstić information content (AvgIpc) is 3.09. The van der Waals surface area contributed by atoms with Crippen LogP contribution in [-0.2, 0) is 0 Å². The van der Waals surface area contributed by atoms with Gasteiger partial charge in [0.2, 0.25) is 5.95 Å². The van der Waals surface area contributed by atoms with E-state index in [2.05, 4.69) is 15.0 Å². The van der Waals surface area contributed by atoms with Gasteiger partial charge in [-0.05, 0) is 18.9 Å². The van der Waals surface area contributed by atoms with Gasteiger partial charge in [0.05, 0.1) is 24.2 Å². The van der Waals surface area contributed by atoms with Crippen LogP contribution in [-0.4, -0.2) is 63.1 Å². The molecule has 1 aliphatic rings. The molecule has 3 heterocycles. The van der Waals surface area contributed by atoms with Gasteiger partial charge in [0.15, 0.2) is 0 Å². The van der Waals surface area contributed by atoms with Gasteiger partial charge in [-0.3, -0.25) is 4.79 Å². The first-order chi connectivity index (χ1) is 11.1. The van der Waals surface area contributed by atoms with Crippen LogP contribution in [0.1, 0.15) is 23.3 Å². The predicted octanol–water partition coefficient (Wildman–Crippen LogP) is 1.04. The largest absolute Gasteiger partial charge is 0.386 e. The summed E-state index contributed by atoms with van der Waals surface area (Å²) in [7, 11) is 1.69. The Balaban J connectivity index is 1.67. The smallest absolute Gasteiger partial charge is 0.273 e. The summed E-state index contributed by atoms with van der Waals surface area (Å²) in [6, 6.07) is 1.76. The number of rotatable bonds is 4.